The van der Waals surface area contributed by atoms with Crippen molar-refractivity contribution < 1.29 is 14.3 Å². The van der Waals surface area contributed by atoms with Crippen LogP contribution in [0.15, 0.2) is 27.8 Å². The molecule has 0 aromatic heterocycles. The summed E-state index contributed by atoms with van der Waals surface area (Å²) in [5, 5.41) is 3.96. The molecule has 0 radical (unpaired) electrons. The number of benzene rings is 1. The summed E-state index contributed by atoms with van der Waals surface area (Å²) in [4.78, 5) is 23.5. The van der Waals surface area contributed by atoms with Crippen LogP contribution in [-0.4, -0.2) is 24.2 Å². The standard InChI is InChI=1S/C15H19BrN2O3/c1-5-21-15(20)10(3)11(4)17-18-14(19)12-7-6-9(2)13(16)8-12/h6-8,10H,5H2,1-4H3,(H,18,19)/b17-11-. The molecule has 1 atom stereocenters. The van der Waals surface area contributed by atoms with Crippen LogP contribution in [-0.2, 0) is 9.53 Å². The van der Waals surface area contributed by atoms with Gasteiger partial charge in [0.2, 0.25) is 0 Å². The van der Waals surface area contributed by atoms with Crippen LogP contribution < -0.4 is 5.43 Å². The Kier molecular flexibility index (Phi) is 6.55. The largest absolute Gasteiger partial charge is 0.465 e. The van der Waals surface area contributed by atoms with Gasteiger partial charge in [-0.3, -0.25) is 9.59 Å². The number of hydrogen-bond acceptors (Lipinski definition) is 4. The first kappa shape index (κ1) is 17.4. The third kappa shape index (κ3) is 4.97. The van der Waals surface area contributed by atoms with E-state index in [9.17, 15) is 9.59 Å². The SMILES string of the molecule is CCOC(=O)C(C)/C(C)=N\NC(=O)c1ccc(C)c(Br)c1. The highest BCUT2D eigenvalue weighted by Crippen LogP contribution is 2.17. The van der Waals surface area contributed by atoms with Crippen LogP contribution in [0.3, 0.4) is 0 Å². The molecule has 0 saturated heterocycles. The van der Waals surface area contributed by atoms with Gasteiger partial charge in [0.15, 0.2) is 0 Å². The lowest BCUT2D eigenvalue weighted by atomic mass is 10.1. The summed E-state index contributed by atoms with van der Waals surface area (Å²) in [5.41, 5.74) is 4.47. The Labute approximate surface area is 132 Å². The van der Waals surface area contributed by atoms with E-state index >= 15 is 0 Å². The van der Waals surface area contributed by atoms with Gasteiger partial charge in [-0.25, -0.2) is 5.43 Å². The van der Waals surface area contributed by atoms with Gasteiger partial charge in [0, 0.05) is 15.7 Å². The van der Waals surface area contributed by atoms with Crippen molar-refractivity contribution in [3.63, 3.8) is 0 Å². The fourth-order valence-electron chi connectivity index (χ4n) is 1.47. The smallest absolute Gasteiger partial charge is 0.314 e. The lowest BCUT2D eigenvalue weighted by molar-refractivity contribution is -0.145. The maximum absolute atomic E-state index is 12.0. The summed E-state index contributed by atoms with van der Waals surface area (Å²) >= 11 is 3.38. The second kappa shape index (κ2) is 7.93. The molecule has 1 amide bonds. The zero-order chi connectivity index (χ0) is 16.0. The number of nitrogens with zero attached hydrogens (tertiary/aromatic N) is 1. The predicted octanol–water partition coefficient (Wildman–Crippen LogP) is 3.06. The van der Waals surface area contributed by atoms with Gasteiger partial charge in [-0.15, -0.1) is 0 Å². The van der Waals surface area contributed by atoms with Crippen molar-refractivity contribution in [1.29, 1.82) is 0 Å². The first-order valence-electron chi connectivity index (χ1n) is 6.64. The fraction of sp³-hybridized carbons (Fsp3) is 0.400. The Morgan fingerprint density at radius 2 is 2.10 bits per heavy atom. The Bertz CT molecular complexity index is 570. The predicted molar refractivity (Wildman–Crippen MR) is 85.3 cm³/mol. The molecule has 5 nitrogen and oxygen atoms in total. The first-order valence-corrected chi connectivity index (χ1v) is 7.43. The molecule has 0 heterocycles. The van der Waals surface area contributed by atoms with E-state index in [2.05, 4.69) is 26.5 Å². The molecule has 0 aliphatic rings. The Hall–Kier alpha value is -1.69. The summed E-state index contributed by atoms with van der Waals surface area (Å²) in [6.07, 6.45) is 0. The van der Waals surface area contributed by atoms with Crippen LogP contribution in [0.4, 0.5) is 0 Å². The minimum absolute atomic E-state index is 0.320. The van der Waals surface area contributed by atoms with Crippen LogP contribution >= 0.6 is 15.9 Å². The van der Waals surface area contributed by atoms with E-state index in [1.807, 2.05) is 13.0 Å². The van der Waals surface area contributed by atoms with Crippen molar-refractivity contribution >= 4 is 33.5 Å². The Morgan fingerprint density at radius 3 is 2.67 bits per heavy atom. The zero-order valence-corrected chi connectivity index (χ0v) is 14.2. The summed E-state index contributed by atoms with van der Waals surface area (Å²) in [5.74, 6) is -1.17. The van der Waals surface area contributed by atoms with Crippen molar-refractivity contribution in [1.82, 2.24) is 5.43 Å². The maximum Gasteiger partial charge on any atom is 0.314 e. The molecule has 0 bridgehead atoms. The third-order valence-corrected chi connectivity index (χ3v) is 3.89. The van der Waals surface area contributed by atoms with Gasteiger partial charge in [-0.2, -0.15) is 5.10 Å². The number of rotatable bonds is 5. The summed E-state index contributed by atoms with van der Waals surface area (Å²) < 4.78 is 5.76. The average molecular weight is 355 g/mol. The number of carbonyl (C=O) groups excluding carboxylic acids is 2. The number of amides is 1. The monoisotopic (exact) mass is 354 g/mol. The molecule has 0 fully saturated rings. The van der Waals surface area contributed by atoms with Gasteiger partial charge < -0.3 is 4.74 Å². The van der Waals surface area contributed by atoms with E-state index in [1.54, 1.807) is 32.9 Å². The number of aryl methyl sites for hydroxylation is 1. The lowest BCUT2D eigenvalue weighted by Gasteiger charge is -2.10. The average Bonchev–Trinajstić information content (AvgIpc) is 2.46. The number of esters is 1. The van der Waals surface area contributed by atoms with Gasteiger partial charge in [-0.05, 0) is 45.4 Å². The lowest BCUT2D eigenvalue weighted by Crippen LogP contribution is -2.25. The van der Waals surface area contributed by atoms with Crippen LogP contribution in [0, 0.1) is 12.8 Å². The van der Waals surface area contributed by atoms with E-state index < -0.39 is 5.92 Å². The van der Waals surface area contributed by atoms with E-state index in [0.29, 0.717) is 17.9 Å². The molecule has 21 heavy (non-hydrogen) atoms. The summed E-state index contributed by atoms with van der Waals surface area (Å²) in [6, 6.07) is 5.29. The Balaban J connectivity index is 2.72. The van der Waals surface area contributed by atoms with E-state index in [1.165, 1.54) is 0 Å². The molecule has 1 N–H and O–H groups in total. The minimum Gasteiger partial charge on any atom is -0.465 e. The van der Waals surface area contributed by atoms with Crippen LogP contribution in [0.1, 0.15) is 36.7 Å². The summed E-state index contributed by atoms with van der Waals surface area (Å²) in [7, 11) is 0. The molecule has 0 spiro atoms. The highest BCUT2D eigenvalue weighted by molar-refractivity contribution is 9.10. The van der Waals surface area contributed by atoms with Crippen LogP contribution in [0.5, 0.6) is 0 Å². The van der Waals surface area contributed by atoms with Gasteiger partial charge in [-0.1, -0.05) is 22.0 Å². The van der Waals surface area contributed by atoms with Crippen molar-refractivity contribution in [2.45, 2.75) is 27.7 Å². The number of hydrogen-bond donors (Lipinski definition) is 1. The van der Waals surface area contributed by atoms with Gasteiger partial charge in [0.1, 0.15) is 0 Å². The molecule has 0 saturated carbocycles. The first-order chi connectivity index (χ1) is 9.86. The van der Waals surface area contributed by atoms with E-state index in [4.69, 9.17) is 4.74 Å². The molecule has 6 heteroatoms. The normalized spacial score (nSPS) is 12.7. The molecule has 1 aromatic carbocycles. The maximum atomic E-state index is 12.0. The number of carbonyl (C=O) groups is 2. The molecule has 1 aromatic rings. The number of nitrogens with one attached hydrogen (secondary N) is 1. The van der Waals surface area contributed by atoms with Gasteiger partial charge in [0.05, 0.1) is 12.5 Å². The fourth-order valence-corrected chi connectivity index (χ4v) is 1.85. The zero-order valence-electron chi connectivity index (χ0n) is 12.6. The van der Waals surface area contributed by atoms with Crippen molar-refractivity contribution in [3.05, 3.63) is 33.8 Å². The highest BCUT2D eigenvalue weighted by Gasteiger charge is 2.17. The van der Waals surface area contributed by atoms with E-state index in [0.717, 1.165) is 10.0 Å². The van der Waals surface area contributed by atoms with Gasteiger partial charge >= 0.3 is 5.97 Å². The molecule has 1 rings (SSSR count). The highest BCUT2D eigenvalue weighted by atomic mass is 79.9. The second-order valence-corrected chi connectivity index (χ2v) is 5.49. The quantitative estimate of drug-likeness (QED) is 0.501. The minimum atomic E-state index is -0.491. The third-order valence-electron chi connectivity index (χ3n) is 3.03. The van der Waals surface area contributed by atoms with Crippen molar-refractivity contribution in [3.8, 4) is 0 Å². The van der Waals surface area contributed by atoms with E-state index in [-0.39, 0.29) is 11.9 Å². The molecule has 0 aliphatic heterocycles. The molecular formula is C15H19BrN2O3. The number of halogens is 1. The molecular weight excluding hydrogens is 336 g/mol. The van der Waals surface area contributed by atoms with Crippen molar-refractivity contribution in [2.75, 3.05) is 6.61 Å². The molecule has 114 valence electrons. The molecule has 1 unspecified atom stereocenters. The second-order valence-electron chi connectivity index (χ2n) is 4.63. The molecule has 0 aliphatic carbocycles. The van der Waals surface area contributed by atoms with Crippen LogP contribution in [0.25, 0.3) is 0 Å². The van der Waals surface area contributed by atoms with Crippen LogP contribution in [0.2, 0.25) is 0 Å². The number of hydrazone groups is 1. The van der Waals surface area contributed by atoms with Gasteiger partial charge in [0.25, 0.3) is 5.91 Å². The number of ether oxygens (including phenoxy) is 1. The summed E-state index contributed by atoms with van der Waals surface area (Å²) in [6.45, 7) is 7.36. The Morgan fingerprint density at radius 1 is 1.43 bits per heavy atom. The topological polar surface area (TPSA) is 67.8 Å². The van der Waals surface area contributed by atoms with Crippen molar-refractivity contribution in [2.24, 2.45) is 11.0 Å².